The molecule has 0 atom stereocenters. The predicted octanol–water partition coefficient (Wildman–Crippen LogP) is 2.16. The number of fused-ring (bicyclic) bond motifs is 1. The first-order chi connectivity index (χ1) is 9.31. The van der Waals surface area contributed by atoms with Crippen molar-refractivity contribution in [3.63, 3.8) is 0 Å². The minimum atomic E-state index is -0.0650. The molecule has 1 aromatic carbocycles. The number of hydrogen-bond acceptors (Lipinski definition) is 4. The third-order valence-corrected chi connectivity index (χ3v) is 3.60. The Morgan fingerprint density at radius 2 is 2.16 bits per heavy atom. The van der Waals surface area contributed by atoms with E-state index in [0.29, 0.717) is 17.8 Å². The fourth-order valence-corrected chi connectivity index (χ4v) is 2.41. The fraction of sp³-hybridized carbons (Fsp3) is 0.429. The van der Waals surface area contributed by atoms with Crippen molar-refractivity contribution >= 4 is 22.7 Å². The molecule has 0 spiro atoms. The zero-order valence-electron chi connectivity index (χ0n) is 11.1. The Morgan fingerprint density at radius 1 is 1.32 bits per heavy atom. The highest BCUT2D eigenvalue weighted by Gasteiger charge is 2.02. The van der Waals surface area contributed by atoms with E-state index in [1.165, 1.54) is 12.2 Å². The van der Waals surface area contributed by atoms with Gasteiger partial charge in [-0.25, -0.2) is 4.98 Å². The lowest BCUT2D eigenvalue weighted by molar-refractivity contribution is 0.625. The lowest BCUT2D eigenvalue weighted by Gasteiger charge is -2.05. The summed E-state index contributed by atoms with van der Waals surface area (Å²) in [4.78, 5) is 19.1. The summed E-state index contributed by atoms with van der Waals surface area (Å²) in [6, 6.07) is 7.41. The number of nitrogens with zero attached hydrogens (tertiary/aromatic N) is 1. The lowest BCUT2D eigenvalue weighted by atomic mass is 10.2. The smallest absolute Gasteiger partial charge is 0.258 e. The molecule has 0 fully saturated rings. The van der Waals surface area contributed by atoms with Gasteiger partial charge in [0.15, 0.2) is 0 Å². The molecule has 0 radical (unpaired) electrons. The topological polar surface area (TPSA) is 57.8 Å². The van der Waals surface area contributed by atoms with Gasteiger partial charge in [0.1, 0.15) is 5.82 Å². The Morgan fingerprint density at radius 3 is 3.00 bits per heavy atom. The van der Waals surface area contributed by atoms with Crippen molar-refractivity contribution in [1.29, 1.82) is 0 Å². The summed E-state index contributed by atoms with van der Waals surface area (Å²) in [5.41, 5.74) is 0.690. The van der Waals surface area contributed by atoms with Crippen LogP contribution in [-0.4, -0.2) is 28.5 Å². The van der Waals surface area contributed by atoms with Crippen LogP contribution in [0.2, 0.25) is 0 Å². The number of aromatic amines is 1. The zero-order valence-corrected chi connectivity index (χ0v) is 11.9. The highest BCUT2D eigenvalue weighted by atomic mass is 32.2. The van der Waals surface area contributed by atoms with Crippen molar-refractivity contribution in [2.45, 2.75) is 19.4 Å². The summed E-state index contributed by atoms with van der Waals surface area (Å²) >= 11 is 1.87. The average Bonchev–Trinajstić information content (AvgIpc) is 2.43. The molecule has 4 nitrogen and oxygen atoms in total. The van der Waals surface area contributed by atoms with Crippen molar-refractivity contribution in [2.75, 3.05) is 18.6 Å². The van der Waals surface area contributed by atoms with E-state index < -0.39 is 0 Å². The Kier molecular flexibility index (Phi) is 5.42. The second kappa shape index (κ2) is 7.31. The Hall–Kier alpha value is -1.33. The van der Waals surface area contributed by atoms with Crippen LogP contribution < -0.4 is 10.9 Å². The van der Waals surface area contributed by atoms with Crippen LogP contribution in [0.15, 0.2) is 29.1 Å². The number of benzene rings is 1. The minimum absolute atomic E-state index is 0.0650. The van der Waals surface area contributed by atoms with Gasteiger partial charge in [0, 0.05) is 0 Å². The summed E-state index contributed by atoms with van der Waals surface area (Å²) in [6.45, 7) is 1.57. The number of unbranched alkanes of at least 4 members (excludes halogenated alkanes) is 1. The van der Waals surface area contributed by atoms with Crippen LogP contribution in [0.3, 0.4) is 0 Å². The van der Waals surface area contributed by atoms with Gasteiger partial charge in [0.05, 0.1) is 17.4 Å². The van der Waals surface area contributed by atoms with Gasteiger partial charge < -0.3 is 10.3 Å². The monoisotopic (exact) mass is 277 g/mol. The van der Waals surface area contributed by atoms with E-state index >= 15 is 0 Å². The van der Waals surface area contributed by atoms with Crippen LogP contribution >= 0.6 is 11.8 Å². The molecule has 1 heterocycles. The summed E-state index contributed by atoms with van der Waals surface area (Å²) in [7, 11) is 0. The molecule has 0 saturated heterocycles. The minimum Gasteiger partial charge on any atom is -0.310 e. The van der Waals surface area contributed by atoms with Crippen LogP contribution in [0.4, 0.5) is 0 Å². The third kappa shape index (κ3) is 4.08. The van der Waals surface area contributed by atoms with E-state index in [0.717, 1.165) is 18.5 Å². The molecule has 2 aromatic rings. The van der Waals surface area contributed by atoms with Gasteiger partial charge in [-0.05, 0) is 43.5 Å². The number of nitrogens with one attached hydrogen (secondary N) is 2. The molecule has 2 N–H and O–H groups in total. The van der Waals surface area contributed by atoms with Crippen LogP contribution in [0.25, 0.3) is 10.9 Å². The fourth-order valence-electron chi connectivity index (χ4n) is 1.92. The molecule has 0 aliphatic rings. The molecule has 0 amide bonds. The Labute approximate surface area is 117 Å². The van der Waals surface area contributed by atoms with Gasteiger partial charge in [-0.3, -0.25) is 4.79 Å². The molecule has 19 heavy (non-hydrogen) atoms. The zero-order chi connectivity index (χ0) is 13.5. The quantitative estimate of drug-likeness (QED) is 0.761. The van der Waals surface area contributed by atoms with E-state index in [2.05, 4.69) is 21.5 Å². The summed E-state index contributed by atoms with van der Waals surface area (Å²) in [6.07, 6.45) is 4.49. The number of aromatic nitrogens is 2. The van der Waals surface area contributed by atoms with Gasteiger partial charge in [0.2, 0.25) is 0 Å². The van der Waals surface area contributed by atoms with Crippen LogP contribution in [0, 0.1) is 0 Å². The molecule has 2 rings (SSSR count). The van der Waals surface area contributed by atoms with Crippen LogP contribution in [-0.2, 0) is 6.54 Å². The van der Waals surface area contributed by atoms with Crippen molar-refractivity contribution in [3.05, 3.63) is 40.4 Å². The molecule has 0 unspecified atom stereocenters. The maximum atomic E-state index is 11.8. The molecular weight excluding hydrogens is 258 g/mol. The maximum absolute atomic E-state index is 11.8. The van der Waals surface area contributed by atoms with Gasteiger partial charge in [0.25, 0.3) is 5.56 Å². The second-order valence-electron chi connectivity index (χ2n) is 4.41. The van der Waals surface area contributed by atoms with E-state index in [9.17, 15) is 4.79 Å². The number of para-hydroxylation sites is 1. The van der Waals surface area contributed by atoms with Gasteiger partial charge in [-0.15, -0.1) is 0 Å². The molecule has 0 bridgehead atoms. The molecular formula is C14H19N3OS. The van der Waals surface area contributed by atoms with E-state index in [-0.39, 0.29) is 5.56 Å². The van der Waals surface area contributed by atoms with Gasteiger partial charge in [-0.2, -0.15) is 11.8 Å². The first-order valence-corrected chi connectivity index (χ1v) is 7.88. The molecule has 1 aromatic heterocycles. The number of rotatable bonds is 7. The Balaban J connectivity index is 1.92. The van der Waals surface area contributed by atoms with E-state index in [1.54, 1.807) is 6.07 Å². The van der Waals surface area contributed by atoms with Gasteiger partial charge >= 0.3 is 0 Å². The van der Waals surface area contributed by atoms with Gasteiger partial charge in [-0.1, -0.05) is 12.1 Å². The molecule has 5 heteroatoms. The van der Waals surface area contributed by atoms with Crippen LogP contribution in [0.1, 0.15) is 18.7 Å². The van der Waals surface area contributed by atoms with Crippen molar-refractivity contribution in [3.8, 4) is 0 Å². The first kappa shape index (κ1) is 14.1. The molecule has 0 aliphatic carbocycles. The normalized spacial score (nSPS) is 11.0. The average molecular weight is 277 g/mol. The maximum Gasteiger partial charge on any atom is 0.258 e. The predicted molar refractivity (Wildman–Crippen MR) is 81.7 cm³/mol. The number of thioether (sulfide) groups is 1. The summed E-state index contributed by atoms with van der Waals surface area (Å²) in [5, 5.41) is 3.96. The highest BCUT2D eigenvalue weighted by molar-refractivity contribution is 7.98. The number of hydrogen-bond donors (Lipinski definition) is 2. The standard InChI is InChI=1S/C14H19N3OS/c1-19-9-5-4-8-15-10-13-16-12-7-3-2-6-11(12)14(18)17-13/h2-3,6-7,15H,4-5,8-10H2,1H3,(H,16,17,18). The number of H-pyrrole nitrogens is 1. The van der Waals surface area contributed by atoms with E-state index in [1.807, 2.05) is 30.0 Å². The van der Waals surface area contributed by atoms with Crippen molar-refractivity contribution < 1.29 is 0 Å². The highest BCUT2D eigenvalue weighted by Crippen LogP contribution is 2.05. The van der Waals surface area contributed by atoms with E-state index in [4.69, 9.17) is 0 Å². The van der Waals surface area contributed by atoms with Crippen molar-refractivity contribution in [1.82, 2.24) is 15.3 Å². The second-order valence-corrected chi connectivity index (χ2v) is 5.39. The molecule has 102 valence electrons. The SMILES string of the molecule is CSCCCCNCc1nc2ccccc2c(=O)[nH]1. The summed E-state index contributed by atoms with van der Waals surface area (Å²) < 4.78 is 0. The largest absolute Gasteiger partial charge is 0.310 e. The first-order valence-electron chi connectivity index (χ1n) is 6.49. The third-order valence-electron chi connectivity index (χ3n) is 2.91. The Bertz CT molecular complexity index is 582. The molecule has 0 saturated carbocycles. The summed E-state index contributed by atoms with van der Waals surface area (Å²) in [5.74, 6) is 1.90. The van der Waals surface area contributed by atoms with Crippen molar-refractivity contribution in [2.24, 2.45) is 0 Å². The molecule has 0 aliphatic heterocycles. The van der Waals surface area contributed by atoms with Crippen LogP contribution in [0.5, 0.6) is 0 Å². The lowest BCUT2D eigenvalue weighted by Crippen LogP contribution is -2.20.